The SMILES string of the molecule is NC(=O)c1ccc(NC(=O)[C@H]2C[C@H]2c2ccc(F)c(F)c2)cn1. The first-order valence-corrected chi connectivity index (χ1v) is 6.97. The van der Waals surface area contributed by atoms with Gasteiger partial charge in [-0.3, -0.25) is 9.59 Å². The number of amides is 2. The molecule has 3 N–H and O–H groups in total. The second-order valence-electron chi connectivity index (χ2n) is 5.41. The Kier molecular flexibility index (Phi) is 3.77. The zero-order valence-electron chi connectivity index (χ0n) is 11.9. The van der Waals surface area contributed by atoms with E-state index in [1.54, 1.807) is 0 Å². The highest BCUT2D eigenvalue weighted by molar-refractivity contribution is 5.96. The fraction of sp³-hybridized carbons (Fsp3) is 0.188. The fourth-order valence-electron chi connectivity index (χ4n) is 2.44. The number of hydrogen-bond donors (Lipinski definition) is 2. The molecule has 5 nitrogen and oxygen atoms in total. The molecule has 2 amide bonds. The molecule has 1 aromatic carbocycles. The Balaban J connectivity index is 1.63. The van der Waals surface area contributed by atoms with Crippen molar-refractivity contribution in [3.63, 3.8) is 0 Å². The van der Waals surface area contributed by atoms with Gasteiger partial charge >= 0.3 is 0 Å². The Morgan fingerprint density at radius 3 is 2.57 bits per heavy atom. The van der Waals surface area contributed by atoms with Crippen molar-refractivity contribution < 1.29 is 18.4 Å². The number of carbonyl (C=O) groups excluding carboxylic acids is 2. The van der Waals surface area contributed by atoms with Gasteiger partial charge in [-0.05, 0) is 42.2 Å². The number of anilines is 1. The molecule has 7 heteroatoms. The smallest absolute Gasteiger partial charge is 0.267 e. The summed E-state index contributed by atoms with van der Waals surface area (Å²) < 4.78 is 26.1. The van der Waals surface area contributed by atoms with Crippen molar-refractivity contribution in [3.05, 3.63) is 59.4 Å². The molecular formula is C16H13F2N3O2. The first kappa shape index (κ1) is 15.1. The molecule has 1 heterocycles. The maximum Gasteiger partial charge on any atom is 0.267 e. The average molecular weight is 317 g/mol. The predicted octanol–water partition coefficient (Wildman–Crippen LogP) is 2.20. The quantitative estimate of drug-likeness (QED) is 0.906. The van der Waals surface area contributed by atoms with Gasteiger partial charge in [-0.25, -0.2) is 13.8 Å². The maximum absolute atomic E-state index is 13.2. The summed E-state index contributed by atoms with van der Waals surface area (Å²) in [6.45, 7) is 0. The normalized spacial score (nSPS) is 19.2. The highest BCUT2D eigenvalue weighted by Gasteiger charge is 2.44. The number of carbonyl (C=O) groups is 2. The molecule has 0 radical (unpaired) electrons. The monoisotopic (exact) mass is 317 g/mol. The van der Waals surface area contributed by atoms with Crippen molar-refractivity contribution in [1.29, 1.82) is 0 Å². The number of nitrogens with one attached hydrogen (secondary N) is 1. The molecular weight excluding hydrogens is 304 g/mol. The second kappa shape index (κ2) is 5.75. The van der Waals surface area contributed by atoms with E-state index in [4.69, 9.17) is 5.73 Å². The highest BCUT2D eigenvalue weighted by atomic mass is 19.2. The topological polar surface area (TPSA) is 85.1 Å². The van der Waals surface area contributed by atoms with E-state index in [0.717, 1.165) is 12.1 Å². The molecule has 1 saturated carbocycles. The highest BCUT2D eigenvalue weighted by Crippen LogP contribution is 2.48. The number of primary amides is 1. The molecule has 1 aliphatic rings. The lowest BCUT2D eigenvalue weighted by atomic mass is 10.1. The third kappa shape index (κ3) is 3.18. The molecule has 1 aromatic heterocycles. The molecule has 2 aromatic rings. The minimum atomic E-state index is -0.917. The summed E-state index contributed by atoms with van der Waals surface area (Å²) in [5.74, 6) is -3.12. The van der Waals surface area contributed by atoms with E-state index in [-0.39, 0.29) is 23.4 Å². The maximum atomic E-state index is 13.2. The first-order valence-electron chi connectivity index (χ1n) is 6.97. The van der Waals surface area contributed by atoms with E-state index >= 15 is 0 Å². The Morgan fingerprint density at radius 1 is 1.17 bits per heavy atom. The summed E-state index contributed by atoms with van der Waals surface area (Å²) in [5, 5.41) is 2.67. The van der Waals surface area contributed by atoms with Gasteiger partial charge in [-0.2, -0.15) is 0 Å². The minimum absolute atomic E-state index is 0.106. The van der Waals surface area contributed by atoms with Crippen LogP contribution in [0.5, 0.6) is 0 Å². The number of nitrogens with zero attached hydrogens (tertiary/aromatic N) is 1. The van der Waals surface area contributed by atoms with Gasteiger partial charge in [0.25, 0.3) is 5.91 Å². The lowest BCUT2D eigenvalue weighted by Gasteiger charge is -2.05. The van der Waals surface area contributed by atoms with Gasteiger partial charge in [0.1, 0.15) is 5.69 Å². The number of pyridine rings is 1. The van der Waals surface area contributed by atoms with E-state index in [0.29, 0.717) is 17.7 Å². The van der Waals surface area contributed by atoms with Crippen LogP contribution in [0, 0.1) is 17.6 Å². The number of aromatic nitrogens is 1. The second-order valence-corrected chi connectivity index (χ2v) is 5.41. The van der Waals surface area contributed by atoms with Gasteiger partial charge in [0.15, 0.2) is 11.6 Å². The summed E-state index contributed by atoms with van der Waals surface area (Å²) in [5.41, 5.74) is 6.23. The first-order chi connectivity index (χ1) is 11.0. The van der Waals surface area contributed by atoms with Crippen molar-refractivity contribution in [3.8, 4) is 0 Å². The van der Waals surface area contributed by atoms with Crippen molar-refractivity contribution in [1.82, 2.24) is 4.98 Å². The lowest BCUT2D eigenvalue weighted by Crippen LogP contribution is -2.16. The average Bonchev–Trinajstić information content (AvgIpc) is 3.31. The zero-order chi connectivity index (χ0) is 16.6. The Bertz CT molecular complexity index is 777. The van der Waals surface area contributed by atoms with Gasteiger partial charge in [0.2, 0.25) is 5.91 Å². The molecule has 1 aliphatic carbocycles. The number of nitrogens with two attached hydrogens (primary N) is 1. The summed E-state index contributed by atoms with van der Waals surface area (Å²) in [4.78, 5) is 26.9. The molecule has 0 unspecified atom stereocenters. The molecule has 0 saturated heterocycles. The van der Waals surface area contributed by atoms with Crippen LogP contribution in [-0.2, 0) is 4.79 Å². The molecule has 3 rings (SSSR count). The zero-order valence-corrected chi connectivity index (χ0v) is 11.9. The molecule has 0 aliphatic heterocycles. The fourth-order valence-corrected chi connectivity index (χ4v) is 2.44. The van der Waals surface area contributed by atoms with Crippen LogP contribution < -0.4 is 11.1 Å². The van der Waals surface area contributed by atoms with Crippen LogP contribution in [0.4, 0.5) is 14.5 Å². The standard InChI is InChI=1S/C16H13F2N3O2/c17-12-3-1-8(5-13(12)18)10-6-11(10)16(23)21-9-2-4-14(15(19)22)20-7-9/h1-5,7,10-11H,6H2,(H2,19,22)(H,21,23)/t10-,11-/m0/s1. The van der Waals surface area contributed by atoms with Crippen LogP contribution in [-0.4, -0.2) is 16.8 Å². The Labute approximate surface area is 130 Å². The van der Waals surface area contributed by atoms with Crippen molar-refractivity contribution in [2.75, 3.05) is 5.32 Å². The summed E-state index contributed by atoms with van der Waals surface area (Å²) in [7, 11) is 0. The van der Waals surface area contributed by atoms with Gasteiger partial charge in [-0.15, -0.1) is 0 Å². The van der Waals surface area contributed by atoms with E-state index in [9.17, 15) is 18.4 Å². The molecule has 2 atom stereocenters. The van der Waals surface area contributed by atoms with Crippen molar-refractivity contribution >= 4 is 17.5 Å². The third-order valence-electron chi connectivity index (χ3n) is 3.78. The lowest BCUT2D eigenvalue weighted by molar-refractivity contribution is -0.117. The van der Waals surface area contributed by atoms with E-state index in [1.165, 1.54) is 24.4 Å². The van der Waals surface area contributed by atoms with E-state index in [1.807, 2.05) is 0 Å². The van der Waals surface area contributed by atoms with E-state index in [2.05, 4.69) is 10.3 Å². The number of rotatable bonds is 4. The van der Waals surface area contributed by atoms with Gasteiger partial charge < -0.3 is 11.1 Å². The molecule has 118 valence electrons. The van der Waals surface area contributed by atoms with Gasteiger partial charge in [-0.1, -0.05) is 6.07 Å². The number of hydrogen-bond acceptors (Lipinski definition) is 3. The molecule has 0 bridgehead atoms. The van der Waals surface area contributed by atoms with Crippen LogP contribution in [0.1, 0.15) is 28.4 Å². The third-order valence-corrected chi connectivity index (χ3v) is 3.78. The predicted molar refractivity (Wildman–Crippen MR) is 78.6 cm³/mol. The molecule has 1 fully saturated rings. The van der Waals surface area contributed by atoms with Crippen LogP contribution in [0.25, 0.3) is 0 Å². The van der Waals surface area contributed by atoms with Gasteiger partial charge in [0, 0.05) is 5.92 Å². The minimum Gasteiger partial charge on any atom is -0.364 e. The Morgan fingerprint density at radius 2 is 1.96 bits per heavy atom. The molecule has 23 heavy (non-hydrogen) atoms. The van der Waals surface area contributed by atoms with Crippen LogP contribution >= 0.6 is 0 Å². The van der Waals surface area contributed by atoms with Gasteiger partial charge in [0.05, 0.1) is 11.9 Å². The molecule has 0 spiro atoms. The van der Waals surface area contributed by atoms with Crippen molar-refractivity contribution in [2.24, 2.45) is 11.7 Å². The van der Waals surface area contributed by atoms with Crippen LogP contribution in [0.2, 0.25) is 0 Å². The number of benzene rings is 1. The van der Waals surface area contributed by atoms with Crippen LogP contribution in [0.15, 0.2) is 36.5 Å². The summed E-state index contributed by atoms with van der Waals surface area (Å²) in [6, 6.07) is 6.61. The van der Waals surface area contributed by atoms with Crippen molar-refractivity contribution in [2.45, 2.75) is 12.3 Å². The van der Waals surface area contributed by atoms with E-state index < -0.39 is 17.5 Å². The van der Waals surface area contributed by atoms with Crippen LogP contribution in [0.3, 0.4) is 0 Å². The largest absolute Gasteiger partial charge is 0.364 e. The summed E-state index contributed by atoms with van der Waals surface area (Å²) >= 11 is 0. The number of halogens is 2. The summed E-state index contributed by atoms with van der Waals surface area (Å²) in [6.07, 6.45) is 1.91. The Hall–Kier alpha value is -2.83.